The topological polar surface area (TPSA) is 33.5 Å². The number of unbranched alkanes of at least 4 members (excludes halogenated alkanes) is 1. The summed E-state index contributed by atoms with van der Waals surface area (Å²) in [4.78, 5) is 14.9. The summed E-state index contributed by atoms with van der Waals surface area (Å²) in [5.74, 6) is 1.22. The predicted octanol–water partition coefficient (Wildman–Crippen LogP) is 4.70. The molecule has 1 saturated heterocycles. The van der Waals surface area contributed by atoms with Crippen molar-refractivity contribution in [3.05, 3.63) is 29.1 Å². The molecule has 5 heteroatoms. The lowest BCUT2D eigenvalue weighted by Gasteiger charge is -2.21. The van der Waals surface area contributed by atoms with E-state index in [9.17, 15) is 4.79 Å². The fourth-order valence-corrected chi connectivity index (χ4v) is 3.59. The highest BCUT2D eigenvalue weighted by molar-refractivity contribution is 8.26. The zero-order valence-corrected chi connectivity index (χ0v) is 14.1. The maximum atomic E-state index is 12.5. The minimum Gasteiger partial charge on any atom is -0.465 e. The van der Waals surface area contributed by atoms with E-state index in [4.69, 9.17) is 16.6 Å². The molecule has 0 spiro atoms. The highest BCUT2D eigenvalue weighted by Crippen LogP contribution is 2.33. The van der Waals surface area contributed by atoms with Crippen LogP contribution in [0.1, 0.15) is 45.3 Å². The molecule has 3 nitrogen and oxygen atoms in total. The van der Waals surface area contributed by atoms with Gasteiger partial charge in [-0.1, -0.05) is 57.1 Å². The van der Waals surface area contributed by atoms with Crippen LogP contribution in [-0.2, 0) is 4.79 Å². The van der Waals surface area contributed by atoms with Crippen LogP contribution in [0.15, 0.2) is 27.7 Å². The van der Waals surface area contributed by atoms with Gasteiger partial charge in [-0.15, -0.1) is 0 Å². The molecule has 21 heavy (non-hydrogen) atoms. The Morgan fingerprint density at radius 3 is 2.90 bits per heavy atom. The van der Waals surface area contributed by atoms with E-state index in [0.717, 1.165) is 19.4 Å². The van der Waals surface area contributed by atoms with Crippen LogP contribution in [0.25, 0.3) is 6.08 Å². The molecule has 1 aromatic rings. The van der Waals surface area contributed by atoms with E-state index in [1.807, 2.05) is 12.1 Å². The minimum absolute atomic E-state index is 0.0105. The Kier molecular flexibility index (Phi) is 6.06. The number of rotatable bonds is 7. The molecule has 0 radical (unpaired) electrons. The number of furan rings is 1. The lowest BCUT2D eigenvalue weighted by molar-refractivity contribution is -0.122. The van der Waals surface area contributed by atoms with Crippen molar-refractivity contribution in [1.29, 1.82) is 0 Å². The van der Waals surface area contributed by atoms with Gasteiger partial charge in [-0.3, -0.25) is 9.69 Å². The molecule has 0 aromatic carbocycles. The number of carbonyl (C=O) groups is 1. The van der Waals surface area contributed by atoms with Gasteiger partial charge in [-0.25, -0.2) is 0 Å². The van der Waals surface area contributed by atoms with Gasteiger partial charge >= 0.3 is 0 Å². The van der Waals surface area contributed by atoms with E-state index < -0.39 is 0 Å². The van der Waals surface area contributed by atoms with Crippen molar-refractivity contribution in [2.45, 2.75) is 39.5 Å². The first-order valence-electron chi connectivity index (χ1n) is 7.44. The summed E-state index contributed by atoms with van der Waals surface area (Å²) in [6.45, 7) is 5.10. The Hall–Kier alpha value is -1.07. The van der Waals surface area contributed by atoms with Gasteiger partial charge in [0.05, 0.1) is 11.2 Å². The van der Waals surface area contributed by atoms with Gasteiger partial charge in [-0.05, 0) is 24.5 Å². The highest BCUT2D eigenvalue weighted by atomic mass is 32.2. The van der Waals surface area contributed by atoms with Crippen LogP contribution < -0.4 is 0 Å². The third-order valence-corrected chi connectivity index (χ3v) is 5.05. The quantitative estimate of drug-likeness (QED) is 0.538. The van der Waals surface area contributed by atoms with Gasteiger partial charge in [0.1, 0.15) is 10.1 Å². The summed E-state index contributed by atoms with van der Waals surface area (Å²) in [5, 5.41) is 0. The van der Waals surface area contributed by atoms with E-state index in [1.165, 1.54) is 24.6 Å². The first kappa shape index (κ1) is 16.3. The number of hydrogen-bond donors (Lipinski definition) is 0. The minimum atomic E-state index is 0.0105. The Bertz CT molecular complexity index is 522. The number of amides is 1. The molecule has 0 bridgehead atoms. The second-order valence-electron chi connectivity index (χ2n) is 5.22. The highest BCUT2D eigenvalue weighted by Gasteiger charge is 2.33. The van der Waals surface area contributed by atoms with E-state index >= 15 is 0 Å². The normalized spacial score (nSPS) is 18.8. The molecule has 114 valence electrons. The van der Waals surface area contributed by atoms with Crippen molar-refractivity contribution < 1.29 is 9.21 Å². The number of nitrogens with zero attached hydrogens (tertiary/aromatic N) is 1. The summed E-state index contributed by atoms with van der Waals surface area (Å²) in [7, 11) is 0. The van der Waals surface area contributed by atoms with Gasteiger partial charge < -0.3 is 4.42 Å². The number of thiocarbonyl (C=S) groups is 1. The summed E-state index contributed by atoms with van der Waals surface area (Å²) >= 11 is 6.73. The number of thioether (sulfide) groups is 1. The molecule has 2 heterocycles. The summed E-state index contributed by atoms with van der Waals surface area (Å²) in [6.07, 6.45) is 8.00. The molecule has 0 aliphatic carbocycles. The molecule has 1 aromatic heterocycles. The van der Waals surface area contributed by atoms with Crippen LogP contribution in [0.5, 0.6) is 0 Å². The lowest BCUT2D eigenvalue weighted by Crippen LogP contribution is -2.33. The van der Waals surface area contributed by atoms with Crippen molar-refractivity contribution >= 4 is 40.3 Å². The number of hydrogen-bond acceptors (Lipinski definition) is 4. The van der Waals surface area contributed by atoms with Crippen LogP contribution in [-0.4, -0.2) is 21.7 Å². The zero-order chi connectivity index (χ0) is 15.2. The molecular weight excluding hydrogens is 302 g/mol. The Balaban J connectivity index is 2.04. The fraction of sp³-hybridized carbons (Fsp3) is 0.500. The van der Waals surface area contributed by atoms with Crippen LogP contribution in [0.4, 0.5) is 0 Å². The van der Waals surface area contributed by atoms with Crippen LogP contribution in [0.3, 0.4) is 0 Å². The third kappa shape index (κ3) is 4.20. The molecule has 1 fully saturated rings. The smallest absolute Gasteiger partial charge is 0.266 e. The first-order chi connectivity index (χ1) is 10.2. The van der Waals surface area contributed by atoms with Crippen molar-refractivity contribution in [1.82, 2.24) is 4.90 Å². The van der Waals surface area contributed by atoms with Gasteiger partial charge in [0.15, 0.2) is 0 Å². The SMILES string of the molecule is CCCC[C@H](CC)CN1C(=O)/C(=C/c2ccco2)SC1=S. The summed E-state index contributed by atoms with van der Waals surface area (Å²) in [6, 6.07) is 3.65. The molecule has 2 rings (SSSR count). The first-order valence-corrected chi connectivity index (χ1v) is 8.67. The average Bonchev–Trinajstić information content (AvgIpc) is 3.07. The van der Waals surface area contributed by atoms with Crippen molar-refractivity contribution in [3.63, 3.8) is 0 Å². The summed E-state index contributed by atoms with van der Waals surface area (Å²) in [5.41, 5.74) is 0. The lowest BCUT2D eigenvalue weighted by atomic mass is 9.99. The maximum absolute atomic E-state index is 12.5. The zero-order valence-electron chi connectivity index (χ0n) is 12.5. The Labute approximate surface area is 135 Å². The van der Waals surface area contributed by atoms with Crippen molar-refractivity contribution in [2.75, 3.05) is 6.54 Å². The van der Waals surface area contributed by atoms with Crippen LogP contribution in [0, 0.1) is 5.92 Å². The monoisotopic (exact) mass is 323 g/mol. The largest absolute Gasteiger partial charge is 0.465 e. The van der Waals surface area contributed by atoms with E-state index in [0.29, 0.717) is 20.9 Å². The Morgan fingerprint density at radius 1 is 1.48 bits per heavy atom. The standard InChI is InChI=1S/C16H21NO2S2/c1-3-5-7-12(4-2)11-17-15(18)14(21-16(17)20)10-13-8-6-9-19-13/h6,8-10,12H,3-5,7,11H2,1-2H3/b14-10-/t12-/m0/s1. The van der Waals surface area contributed by atoms with Gasteiger partial charge in [0, 0.05) is 12.6 Å². The van der Waals surface area contributed by atoms with Crippen molar-refractivity contribution in [2.24, 2.45) is 5.92 Å². The molecule has 0 N–H and O–H groups in total. The average molecular weight is 323 g/mol. The molecule has 1 aliphatic heterocycles. The van der Waals surface area contributed by atoms with Crippen LogP contribution >= 0.6 is 24.0 Å². The predicted molar refractivity (Wildman–Crippen MR) is 91.9 cm³/mol. The van der Waals surface area contributed by atoms with E-state index in [2.05, 4.69) is 13.8 Å². The maximum Gasteiger partial charge on any atom is 0.266 e. The molecule has 1 aliphatic rings. The molecular formula is C16H21NO2S2. The fourth-order valence-electron chi connectivity index (χ4n) is 2.34. The van der Waals surface area contributed by atoms with E-state index in [-0.39, 0.29) is 5.91 Å². The molecule has 0 unspecified atom stereocenters. The van der Waals surface area contributed by atoms with Gasteiger partial charge in [-0.2, -0.15) is 0 Å². The molecule has 1 atom stereocenters. The van der Waals surface area contributed by atoms with Gasteiger partial charge in [0.25, 0.3) is 5.91 Å². The van der Waals surface area contributed by atoms with E-state index in [1.54, 1.807) is 17.2 Å². The second-order valence-corrected chi connectivity index (χ2v) is 6.90. The molecule has 0 saturated carbocycles. The van der Waals surface area contributed by atoms with Crippen molar-refractivity contribution in [3.8, 4) is 0 Å². The van der Waals surface area contributed by atoms with Gasteiger partial charge in [0.2, 0.25) is 0 Å². The third-order valence-electron chi connectivity index (χ3n) is 3.67. The molecule has 1 amide bonds. The Morgan fingerprint density at radius 2 is 2.29 bits per heavy atom. The van der Waals surface area contributed by atoms with Crippen LogP contribution in [0.2, 0.25) is 0 Å². The summed E-state index contributed by atoms with van der Waals surface area (Å²) < 4.78 is 5.93. The second kappa shape index (κ2) is 7.80. The number of carbonyl (C=O) groups excluding carboxylic acids is 1.